The van der Waals surface area contributed by atoms with Gasteiger partial charge in [0.15, 0.2) is 0 Å². The van der Waals surface area contributed by atoms with Gasteiger partial charge in [-0.25, -0.2) is 4.79 Å². The number of hydrogen-bond acceptors (Lipinski definition) is 2. The van der Waals surface area contributed by atoms with Gasteiger partial charge in [0.1, 0.15) is 0 Å². The smallest absolute Gasteiger partial charge is 0.317 e. The molecular formula is C17H25N3O2. The SMILES string of the molecule is Cc1cccc(C2CCCN(C(=O)NCC(=O)N(C)C)C2)c1. The summed E-state index contributed by atoms with van der Waals surface area (Å²) in [5, 5.41) is 2.71. The van der Waals surface area contributed by atoms with Gasteiger partial charge in [-0.3, -0.25) is 4.79 Å². The molecule has 5 heteroatoms. The molecule has 1 aliphatic heterocycles. The molecule has 5 nitrogen and oxygen atoms in total. The van der Waals surface area contributed by atoms with Gasteiger partial charge >= 0.3 is 6.03 Å². The van der Waals surface area contributed by atoms with E-state index < -0.39 is 0 Å². The Kier molecular flexibility index (Phi) is 5.41. The molecule has 0 spiro atoms. The summed E-state index contributed by atoms with van der Waals surface area (Å²) in [6, 6.07) is 8.34. The number of nitrogens with one attached hydrogen (secondary N) is 1. The number of likely N-dealkylation sites (N-methyl/N-ethyl adjacent to an activating group) is 1. The maximum atomic E-state index is 12.2. The zero-order chi connectivity index (χ0) is 16.1. The van der Waals surface area contributed by atoms with Crippen molar-refractivity contribution in [1.82, 2.24) is 15.1 Å². The maximum Gasteiger partial charge on any atom is 0.317 e. The summed E-state index contributed by atoms with van der Waals surface area (Å²) in [5.74, 6) is 0.282. The predicted molar refractivity (Wildman–Crippen MR) is 86.8 cm³/mol. The lowest BCUT2D eigenvalue weighted by molar-refractivity contribution is -0.127. The van der Waals surface area contributed by atoms with Gasteiger partial charge in [0.25, 0.3) is 0 Å². The fourth-order valence-corrected chi connectivity index (χ4v) is 2.78. The quantitative estimate of drug-likeness (QED) is 0.928. The second-order valence-corrected chi connectivity index (χ2v) is 6.15. The fourth-order valence-electron chi connectivity index (χ4n) is 2.78. The molecule has 0 saturated carbocycles. The van der Waals surface area contributed by atoms with Gasteiger partial charge < -0.3 is 15.1 Å². The van der Waals surface area contributed by atoms with Crippen LogP contribution in [0.25, 0.3) is 0 Å². The summed E-state index contributed by atoms with van der Waals surface area (Å²) in [4.78, 5) is 27.1. The van der Waals surface area contributed by atoms with Crippen molar-refractivity contribution in [2.45, 2.75) is 25.7 Å². The number of carbonyl (C=O) groups excluding carboxylic acids is 2. The van der Waals surface area contributed by atoms with E-state index >= 15 is 0 Å². The zero-order valence-electron chi connectivity index (χ0n) is 13.6. The van der Waals surface area contributed by atoms with E-state index in [2.05, 4.69) is 36.5 Å². The molecule has 120 valence electrons. The van der Waals surface area contributed by atoms with E-state index in [0.717, 1.165) is 19.4 Å². The van der Waals surface area contributed by atoms with Crippen LogP contribution in [0.15, 0.2) is 24.3 Å². The first-order valence-electron chi connectivity index (χ1n) is 7.77. The first-order valence-corrected chi connectivity index (χ1v) is 7.77. The molecule has 0 aliphatic carbocycles. The van der Waals surface area contributed by atoms with E-state index in [9.17, 15) is 9.59 Å². The second kappa shape index (κ2) is 7.29. The first-order chi connectivity index (χ1) is 10.5. The van der Waals surface area contributed by atoms with Crippen LogP contribution in [-0.4, -0.2) is 55.5 Å². The molecule has 1 aliphatic rings. The van der Waals surface area contributed by atoms with Gasteiger partial charge in [-0.15, -0.1) is 0 Å². The maximum absolute atomic E-state index is 12.2. The molecule has 1 aromatic carbocycles. The van der Waals surface area contributed by atoms with Gasteiger partial charge in [0.05, 0.1) is 6.54 Å². The topological polar surface area (TPSA) is 52.7 Å². The van der Waals surface area contributed by atoms with Crippen LogP contribution in [0.1, 0.15) is 29.9 Å². The molecule has 1 atom stereocenters. The van der Waals surface area contributed by atoms with Crippen molar-refractivity contribution in [3.63, 3.8) is 0 Å². The number of hydrogen-bond donors (Lipinski definition) is 1. The highest BCUT2D eigenvalue weighted by Crippen LogP contribution is 2.27. The summed E-state index contributed by atoms with van der Waals surface area (Å²) < 4.78 is 0. The summed E-state index contributed by atoms with van der Waals surface area (Å²) >= 11 is 0. The molecule has 0 bridgehead atoms. The van der Waals surface area contributed by atoms with E-state index in [1.54, 1.807) is 14.1 Å². The van der Waals surface area contributed by atoms with Crippen LogP contribution >= 0.6 is 0 Å². The van der Waals surface area contributed by atoms with Crippen molar-refractivity contribution in [3.8, 4) is 0 Å². The minimum absolute atomic E-state index is 0.0530. The van der Waals surface area contributed by atoms with E-state index in [1.165, 1.54) is 16.0 Å². The minimum Gasteiger partial charge on any atom is -0.347 e. The van der Waals surface area contributed by atoms with Crippen molar-refractivity contribution < 1.29 is 9.59 Å². The van der Waals surface area contributed by atoms with Crippen molar-refractivity contribution in [1.29, 1.82) is 0 Å². The predicted octanol–water partition coefficient (Wildman–Crippen LogP) is 1.97. The summed E-state index contributed by atoms with van der Waals surface area (Å²) in [5.41, 5.74) is 2.54. The highest BCUT2D eigenvalue weighted by Gasteiger charge is 2.25. The molecule has 1 aromatic rings. The molecule has 1 fully saturated rings. The molecule has 1 heterocycles. The number of nitrogens with zero attached hydrogens (tertiary/aromatic N) is 2. The average molecular weight is 303 g/mol. The number of likely N-dealkylation sites (tertiary alicyclic amines) is 1. The lowest BCUT2D eigenvalue weighted by Crippen LogP contribution is -2.47. The Bertz CT molecular complexity index is 542. The van der Waals surface area contributed by atoms with E-state index in [1.807, 2.05) is 4.90 Å². The summed E-state index contributed by atoms with van der Waals surface area (Å²) in [7, 11) is 3.37. The number of benzene rings is 1. The van der Waals surface area contributed by atoms with Gasteiger partial charge in [0.2, 0.25) is 5.91 Å². The van der Waals surface area contributed by atoms with Crippen LogP contribution in [-0.2, 0) is 4.79 Å². The molecule has 0 radical (unpaired) electrons. The summed E-state index contributed by atoms with van der Waals surface area (Å²) in [6.07, 6.45) is 2.09. The zero-order valence-corrected chi connectivity index (χ0v) is 13.6. The average Bonchev–Trinajstić information content (AvgIpc) is 2.52. The number of amides is 3. The Morgan fingerprint density at radius 2 is 2.14 bits per heavy atom. The molecule has 1 saturated heterocycles. The number of carbonyl (C=O) groups is 2. The fraction of sp³-hybridized carbons (Fsp3) is 0.529. The lowest BCUT2D eigenvalue weighted by atomic mass is 9.90. The molecule has 3 amide bonds. The Morgan fingerprint density at radius 3 is 2.82 bits per heavy atom. The van der Waals surface area contributed by atoms with E-state index in [0.29, 0.717) is 12.5 Å². The Labute approximate surface area is 132 Å². The van der Waals surface area contributed by atoms with Crippen molar-refractivity contribution >= 4 is 11.9 Å². The Balaban J connectivity index is 1.92. The first kappa shape index (κ1) is 16.3. The second-order valence-electron chi connectivity index (χ2n) is 6.15. The van der Waals surface area contributed by atoms with E-state index in [-0.39, 0.29) is 18.5 Å². The number of rotatable bonds is 3. The third-order valence-electron chi connectivity index (χ3n) is 4.11. The molecule has 22 heavy (non-hydrogen) atoms. The van der Waals surface area contributed by atoms with E-state index in [4.69, 9.17) is 0 Å². The molecule has 1 N–H and O–H groups in total. The van der Waals surface area contributed by atoms with Gasteiger partial charge in [0, 0.05) is 33.1 Å². The Morgan fingerprint density at radius 1 is 1.36 bits per heavy atom. The largest absolute Gasteiger partial charge is 0.347 e. The highest BCUT2D eigenvalue weighted by atomic mass is 16.2. The van der Waals surface area contributed by atoms with Gasteiger partial charge in [-0.1, -0.05) is 29.8 Å². The molecule has 0 aromatic heterocycles. The molecule has 1 unspecified atom stereocenters. The van der Waals surface area contributed by atoms with Crippen LogP contribution < -0.4 is 5.32 Å². The van der Waals surface area contributed by atoms with Crippen LogP contribution in [0.4, 0.5) is 4.79 Å². The van der Waals surface area contributed by atoms with Crippen LogP contribution in [0, 0.1) is 6.92 Å². The van der Waals surface area contributed by atoms with Crippen LogP contribution in [0.2, 0.25) is 0 Å². The Hall–Kier alpha value is -2.04. The number of aryl methyl sites for hydroxylation is 1. The standard InChI is InChI=1S/C17H25N3O2/c1-13-6-4-7-14(10-13)15-8-5-9-20(12-15)17(22)18-11-16(21)19(2)3/h4,6-7,10,15H,5,8-9,11-12H2,1-3H3,(H,18,22). The molecule has 2 rings (SSSR count). The monoisotopic (exact) mass is 303 g/mol. The number of piperidine rings is 1. The lowest BCUT2D eigenvalue weighted by Gasteiger charge is -2.33. The van der Waals surface area contributed by atoms with Crippen molar-refractivity contribution in [2.24, 2.45) is 0 Å². The normalized spacial score (nSPS) is 18.0. The minimum atomic E-state index is -0.146. The summed E-state index contributed by atoms with van der Waals surface area (Å²) in [6.45, 7) is 3.61. The molecular weight excluding hydrogens is 278 g/mol. The third kappa shape index (κ3) is 4.23. The van der Waals surface area contributed by atoms with Crippen LogP contribution in [0.5, 0.6) is 0 Å². The highest BCUT2D eigenvalue weighted by molar-refractivity contribution is 5.83. The van der Waals surface area contributed by atoms with Crippen molar-refractivity contribution in [3.05, 3.63) is 35.4 Å². The van der Waals surface area contributed by atoms with Crippen LogP contribution in [0.3, 0.4) is 0 Å². The third-order valence-corrected chi connectivity index (χ3v) is 4.11. The van der Waals surface area contributed by atoms with Gasteiger partial charge in [-0.2, -0.15) is 0 Å². The van der Waals surface area contributed by atoms with Crippen molar-refractivity contribution in [2.75, 3.05) is 33.7 Å². The van der Waals surface area contributed by atoms with Gasteiger partial charge in [-0.05, 0) is 25.3 Å². The number of urea groups is 1.